The molecule has 0 atom stereocenters. The molecule has 7 heteroatoms. The first kappa shape index (κ1) is 22.0. The predicted molar refractivity (Wildman–Crippen MR) is 132 cm³/mol. The minimum absolute atomic E-state index is 0.382. The van der Waals surface area contributed by atoms with Crippen molar-refractivity contribution in [2.45, 2.75) is 64.9 Å². The molecule has 4 aromatic rings. The normalized spacial score (nSPS) is 16.5. The minimum atomic E-state index is -0.649. The van der Waals surface area contributed by atoms with Crippen LogP contribution < -0.4 is 0 Å². The average Bonchev–Trinajstić information content (AvgIpc) is 3.39. The number of aliphatic hydroxyl groups is 1. The van der Waals surface area contributed by atoms with Crippen LogP contribution in [-0.2, 0) is 0 Å². The second-order valence-electron chi connectivity index (χ2n) is 10.6. The first-order chi connectivity index (χ1) is 15.7. The van der Waals surface area contributed by atoms with Gasteiger partial charge in [0, 0.05) is 35.3 Å². The number of aryl methyl sites for hydroxylation is 1. The number of β-amino-alcohol motifs (C(OH)–C–C–N with tert-alkyl or cyclic N) is 1. The standard InChI is InChI=1S/C26H34N6O/c1-16(2)20-11-22-23(12-21(20)19-10-17(3)25-27-15-28-32(25)13-19)29-30-24(22)18-6-8-31(9-7-18)14-26(4,5)33/h10-13,15-16,18,33H,6-9,14H2,1-5H3,(H,29,30). The van der Waals surface area contributed by atoms with Crippen LogP contribution in [0.5, 0.6) is 0 Å². The quantitative estimate of drug-likeness (QED) is 0.466. The SMILES string of the molecule is Cc1cc(-c2cc3n[nH]c(C4CCN(CC(C)(C)O)CC4)c3cc2C(C)C)cn2ncnc12. The van der Waals surface area contributed by atoms with Gasteiger partial charge in [-0.2, -0.15) is 10.2 Å². The van der Waals surface area contributed by atoms with Gasteiger partial charge in [-0.25, -0.2) is 9.50 Å². The molecule has 1 aromatic carbocycles. The fraction of sp³-hybridized carbons (Fsp3) is 0.500. The number of nitrogens with one attached hydrogen (secondary N) is 1. The van der Waals surface area contributed by atoms with Gasteiger partial charge in [0.05, 0.1) is 11.1 Å². The van der Waals surface area contributed by atoms with Gasteiger partial charge in [0.2, 0.25) is 0 Å². The Morgan fingerprint density at radius 3 is 2.64 bits per heavy atom. The summed E-state index contributed by atoms with van der Waals surface area (Å²) in [4.78, 5) is 6.73. The summed E-state index contributed by atoms with van der Waals surface area (Å²) in [5.41, 5.74) is 7.29. The van der Waals surface area contributed by atoms with Gasteiger partial charge in [0.25, 0.3) is 0 Å². The number of benzene rings is 1. The highest BCUT2D eigenvalue weighted by molar-refractivity contribution is 5.89. The summed E-state index contributed by atoms with van der Waals surface area (Å²) >= 11 is 0. The molecule has 2 N–H and O–H groups in total. The Hall–Kier alpha value is -2.77. The van der Waals surface area contributed by atoms with Crippen LogP contribution in [0.2, 0.25) is 0 Å². The summed E-state index contributed by atoms with van der Waals surface area (Å²) in [6.07, 6.45) is 5.82. The predicted octanol–water partition coefficient (Wildman–Crippen LogP) is 4.65. The highest BCUT2D eigenvalue weighted by Crippen LogP contribution is 2.38. The third-order valence-corrected chi connectivity index (χ3v) is 6.85. The second kappa shape index (κ2) is 8.22. The minimum Gasteiger partial charge on any atom is -0.389 e. The third kappa shape index (κ3) is 4.27. The van der Waals surface area contributed by atoms with E-state index in [1.54, 1.807) is 6.33 Å². The molecule has 1 saturated heterocycles. The maximum absolute atomic E-state index is 10.2. The van der Waals surface area contributed by atoms with E-state index in [1.807, 2.05) is 18.4 Å². The van der Waals surface area contributed by atoms with Crippen molar-refractivity contribution in [2.24, 2.45) is 0 Å². The van der Waals surface area contributed by atoms with Gasteiger partial charge in [-0.3, -0.25) is 5.10 Å². The summed E-state index contributed by atoms with van der Waals surface area (Å²) in [5.74, 6) is 0.847. The van der Waals surface area contributed by atoms with E-state index in [9.17, 15) is 5.11 Å². The molecule has 3 aromatic heterocycles. The lowest BCUT2D eigenvalue weighted by Crippen LogP contribution is -2.42. The van der Waals surface area contributed by atoms with Crippen LogP contribution in [0.15, 0.2) is 30.7 Å². The monoisotopic (exact) mass is 446 g/mol. The molecule has 1 aliphatic heterocycles. The maximum atomic E-state index is 10.2. The van der Waals surface area contributed by atoms with Crippen LogP contribution in [-0.4, -0.2) is 60.0 Å². The molecule has 1 fully saturated rings. The number of H-pyrrole nitrogens is 1. The Morgan fingerprint density at radius 1 is 1.18 bits per heavy atom. The van der Waals surface area contributed by atoms with Crippen LogP contribution in [0.25, 0.3) is 27.7 Å². The van der Waals surface area contributed by atoms with Gasteiger partial charge in [0.1, 0.15) is 6.33 Å². The van der Waals surface area contributed by atoms with Gasteiger partial charge in [-0.15, -0.1) is 0 Å². The number of piperidine rings is 1. The number of likely N-dealkylation sites (tertiary alicyclic amines) is 1. The van der Waals surface area contributed by atoms with Crippen molar-refractivity contribution in [1.29, 1.82) is 0 Å². The van der Waals surface area contributed by atoms with Gasteiger partial charge in [-0.1, -0.05) is 13.8 Å². The summed E-state index contributed by atoms with van der Waals surface area (Å²) in [5, 5.41) is 23.9. The van der Waals surface area contributed by atoms with Crippen molar-refractivity contribution in [3.05, 3.63) is 47.5 Å². The molecule has 0 radical (unpaired) electrons. The largest absolute Gasteiger partial charge is 0.389 e. The number of nitrogens with zero attached hydrogens (tertiary/aromatic N) is 5. The number of fused-ring (bicyclic) bond motifs is 2. The van der Waals surface area contributed by atoms with Crippen molar-refractivity contribution in [2.75, 3.05) is 19.6 Å². The van der Waals surface area contributed by atoms with E-state index in [-0.39, 0.29) is 0 Å². The van der Waals surface area contributed by atoms with Crippen LogP contribution in [0.4, 0.5) is 0 Å². The van der Waals surface area contributed by atoms with Crippen LogP contribution in [0, 0.1) is 6.92 Å². The summed E-state index contributed by atoms with van der Waals surface area (Å²) in [6, 6.07) is 6.77. The molecule has 174 valence electrons. The molecule has 33 heavy (non-hydrogen) atoms. The fourth-order valence-corrected chi connectivity index (χ4v) is 5.30. The highest BCUT2D eigenvalue weighted by Gasteiger charge is 2.27. The van der Waals surface area contributed by atoms with Crippen molar-refractivity contribution in [3.63, 3.8) is 0 Å². The topological polar surface area (TPSA) is 82.3 Å². The van der Waals surface area contributed by atoms with E-state index in [1.165, 1.54) is 22.2 Å². The lowest BCUT2D eigenvalue weighted by molar-refractivity contribution is 0.0281. The Kier molecular flexibility index (Phi) is 5.49. The fourth-order valence-electron chi connectivity index (χ4n) is 5.30. The van der Waals surface area contributed by atoms with E-state index in [4.69, 9.17) is 5.10 Å². The Balaban J connectivity index is 1.50. The molecular formula is C26H34N6O. The van der Waals surface area contributed by atoms with Crippen molar-refractivity contribution in [3.8, 4) is 11.1 Å². The van der Waals surface area contributed by atoms with E-state index in [2.05, 4.69) is 65.2 Å². The Labute approximate surface area is 194 Å². The number of rotatable bonds is 5. The van der Waals surface area contributed by atoms with Crippen LogP contribution >= 0.6 is 0 Å². The molecule has 0 aliphatic carbocycles. The molecule has 0 bridgehead atoms. The number of hydrogen-bond acceptors (Lipinski definition) is 5. The van der Waals surface area contributed by atoms with Crippen LogP contribution in [0.1, 0.15) is 69.2 Å². The molecular weight excluding hydrogens is 412 g/mol. The number of pyridine rings is 1. The summed E-state index contributed by atoms with van der Waals surface area (Å²) in [7, 11) is 0. The first-order valence-corrected chi connectivity index (χ1v) is 12.0. The van der Waals surface area contributed by atoms with Crippen molar-refractivity contribution in [1.82, 2.24) is 29.7 Å². The third-order valence-electron chi connectivity index (χ3n) is 6.85. The summed E-state index contributed by atoms with van der Waals surface area (Å²) < 4.78 is 1.86. The van der Waals surface area contributed by atoms with E-state index in [0.717, 1.165) is 54.8 Å². The van der Waals surface area contributed by atoms with Crippen LogP contribution in [0.3, 0.4) is 0 Å². The molecule has 5 rings (SSSR count). The molecule has 1 aliphatic rings. The molecule has 4 heterocycles. The summed E-state index contributed by atoms with van der Waals surface area (Å²) in [6.45, 7) is 13.1. The zero-order valence-electron chi connectivity index (χ0n) is 20.3. The Bertz CT molecular complexity index is 1290. The lowest BCUT2D eigenvalue weighted by atomic mass is 9.87. The zero-order chi connectivity index (χ0) is 23.3. The maximum Gasteiger partial charge on any atom is 0.158 e. The van der Waals surface area contributed by atoms with Gasteiger partial charge >= 0.3 is 0 Å². The smallest absolute Gasteiger partial charge is 0.158 e. The van der Waals surface area contributed by atoms with Gasteiger partial charge in [-0.05, 0) is 87.5 Å². The first-order valence-electron chi connectivity index (χ1n) is 12.0. The van der Waals surface area contributed by atoms with E-state index < -0.39 is 5.60 Å². The molecule has 0 amide bonds. The number of hydrogen-bond donors (Lipinski definition) is 2. The van der Waals surface area contributed by atoms with E-state index in [0.29, 0.717) is 11.8 Å². The van der Waals surface area contributed by atoms with Gasteiger partial charge < -0.3 is 10.0 Å². The average molecular weight is 447 g/mol. The molecule has 0 spiro atoms. The highest BCUT2D eigenvalue weighted by atomic mass is 16.3. The van der Waals surface area contributed by atoms with Gasteiger partial charge in [0.15, 0.2) is 5.65 Å². The molecule has 0 saturated carbocycles. The van der Waals surface area contributed by atoms with Crippen molar-refractivity contribution < 1.29 is 5.11 Å². The Morgan fingerprint density at radius 2 is 1.94 bits per heavy atom. The molecule has 7 nitrogen and oxygen atoms in total. The van der Waals surface area contributed by atoms with Crippen molar-refractivity contribution >= 4 is 16.6 Å². The number of aromatic amines is 1. The lowest BCUT2D eigenvalue weighted by Gasteiger charge is -2.35. The zero-order valence-corrected chi connectivity index (χ0v) is 20.3. The second-order valence-corrected chi connectivity index (χ2v) is 10.6. The number of aromatic nitrogens is 5. The molecule has 0 unspecified atom stereocenters. The van der Waals surface area contributed by atoms with E-state index >= 15 is 0 Å².